The van der Waals surface area contributed by atoms with Crippen LogP contribution in [-0.4, -0.2) is 0 Å². The van der Waals surface area contributed by atoms with Crippen molar-refractivity contribution in [2.75, 3.05) is 4.90 Å². The molecule has 1 heterocycles. The van der Waals surface area contributed by atoms with Gasteiger partial charge in [-0.1, -0.05) is 170 Å². The van der Waals surface area contributed by atoms with Crippen LogP contribution in [0.15, 0.2) is 229 Å². The van der Waals surface area contributed by atoms with Crippen LogP contribution in [0, 0.1) is 0 Å². The van der Waals surface area contributed by atoms with Crippen molar-refractivity contribution in [2.24, 2.45) is 0 Å². The van der Waals surface area contributed by atoms with Crippen LogP contribution in [0.4, 0.5) is 17.1 Å². The zero-order chi connectivity index (χ0) is 37.3. The summed E-state index contributed by atoms with van der Waals surface area (Å²) in [5.74, 6) is 0. The van der Waals surface area contributed by atoms with Crippen LogP contribution in [0.2, 0.25) is 0 Å². The number of hydrogen-bond acceptors (Lipinski definition) is 2. The van der Waals surface area contributed by atoms with Crippen LogP contribution in [0.1, 0.15) is 0 Å². The summed E-state index contributed by atoms with van der Waals surface area (Å²) in [5, 5.41) is 2.23. The van der Waals surface area contributed by atoms with Gasteiger partial charge in [0.25, 0.3) is 0 Å². The molecule has 1 aromatic heterocycles. The molecule has 0 unspecified atom stereocenters. The van der Waals surface area contributed by atoms with Crippen LogP contribution in [-0.2, 0) is 0 Å². The quantitative estimate of drug-likeness (QED) is 0.156. The van der Waals surface area contributed by atoms with Gasteiger partial charge >= 0.3 is 0 Å². The highest BCUT2D eigenvalue weighted by molar-refractivity contribution is 6.11. The Morgan fingerprint density at radius 1 is 0.268 bits per heavy atom. The largest absolute Gasteiger partial charge is 0.455 e. The van der Waals surface area contributed by atoms with Crippen molar-refractivity contribution in [1.29, 1.82) is 0 Å². The van der Waals surface area contributed by atoms with Gasteiger partial charge in [-0.3, -0.25) is 0 Å². The number of rotatable bonds is 8. The van der Waals surface area contributed by atoms with Crippen LogP contribution in [0.5, 0.6) is 0 Å². The summed E-state index contributed by atoms with van der Waals surface area (Å²) in [5.41, 5.74) is 16.7. The van der Waals surface area contributed by atoms with Gasteiger partial charge in [0.15, 0.2) is 0 Å². The lowest BCUT2D eigenvalue weighted by atomic mass is 9.94. The van der Waals surface area contributed by atoms with E-state index in [-0.39, 0.29) is 0 Å². The molecule has 0 fully saturated rings. The second-order valence-corrected chi connectivity index (χ2v) is 14.2. The first-order valence-electron chi connectivity index (χ1n) is 19.1. The molecule has 9 aromatic carbocycles. The Morgan fingerprint density at radius 3 is 1.09 bits per heavy atom. The second-order valence-electron chi connectivity index (χ2n) is 14.2. The normalized spacial score (nSPS) is 11.2. The van der Waals surface area contributed by atoms with Crippen molar-refractivity contribution in [1.82, 2.24) is 0 Å². The van der Waals surface area contributed by atoms with Gasteiger partial charge in [0.1, 0.15) is 11.2 Å². The monoisotopic (exact) mass is 715 g/mol. The first-order valence-corrected chi connectivity index (χ1v) is 19.1. The molecule has 56 heavy (non-hydrogen) atoms. The van der Waals surface area contributed by atoms with E-state index in [1.807, 2.05) is 6.07 Å². The van der Waals surface area contributed by atoms with E-state index in [2.05, 4.69) is 223 Å². The van der Waals surface area contributed by atoms with E-state index >= 15 is 0 Å². The highest BCUT2D eigenvalue weighted by atomic mass is 16.3. The summed E-state index contributed by atoms with van der Waals surface area (Å²) in [4.78, 5) is 2.33. The molecule has 0 aliphatic rings. The zero-order valence-electron chi connectivity index (χ0n) is 30.7. The fourth-order valence-electron chi connectivity index (χ4n) is 7.80. The highest BCUT2D eigenvalue weighted by Gasteiger charge is 2.18. The second kappa shape index (κ2) is 14.4. The van der Waals surface area contributed by atoms with Gasteiger partial charge in [-0.25, -0.2) is 0 Å². The summed E-state index contributed by atoms with van der Waals surface area (Å²) in [6, 6.07) is 80.0. The molecule has 0 aliphatic heterocycles. The van der Waals surface area contributed by atoms with Crippen molar-refractivity contribution in [2.45, 2.75) is 0 Å². The molecule has 0 saturated heterocycles. The molecule has 0 spiro atoms. The Kier molecular flexibility index (Phi) is 8.55. The average Bonchev–Trinajstić information content (AvgIpc) is 3.67. The summed E-state index contributed by atoms with van der Waals surface area (Å²) < 4.78 is 6.61. The number of para-hydroxylation sites is 1. The van der Waals surface area contributed by atoms with Gasteiger partial charge in [-0.05, 0) is 105 Å². The number of furan rings is 1. The maximum Gasteiger partial charge on any atom is 0.143 e. The summed E-state index contributed by atoms with van der Waals surface area (Å²) >= 11 is 0. The molecule has 0 saturated carbocycles. The molecule has 10 aromatic rings. The van der Waals surface area contributed by atoms with Crippen molar-refractivity contribution in [3.05, 3.63) is 224 Å². The number of anilines is 3. The molecular formula is C54H37NO. The molecule has 0 bridgehead atoms. The predicted molar refractivity (Wildman–Crippen MR) is 236 cm³/mol. The molecule has 2 nitrogen and oxygen atoms in total. The van der Waals surface area contributed by atoms with Crippen molar-refractivity contribution in [3.63, 3.8) is 0 Å². The molecule has 2 heteroatoms. The molecule has 0 N–H and O–H groups in total. The number of fused-ring (bicyclic) bond motifs is 3. The maximum atomic E-state index is 6.61. The van der Waals surface area contributed by atoms with Crippen molar-refractivity contribution in [3.8, 4) is 55.6 Å². The van der Waals surface area contributed by atoms with Gasteiger partial charge < -0.3 is 9.32 Å². The van der Waals surface area contributed by atoms with E-state index in [4.69, 9.17) is 4.42 Å². The number of nitrogens with zero attached hydrogens (tertiary/aromatic N) is 1. The van der Waals surface area contributed by atoms with Crippen molar-refractivity contribution >= 4 is 39.0 Å². The molecule has 0 aliphatic carbocycles. The lowest BCUT2D eigenvalue weighted by molar-refractivity contribution is 0.670. The Bertz CT molecular complexity index is 2810. The fraction of sp³-hybridized carbons (Fsp3) is 0. The standard InChI is InChI=1S/C54H37NO/c1-4-12-38(13-5-1)41-20-22-44(23-21-41)46-36-51(54-52(37-46)50-18-10-11-19-53(50)56-54)45-28-34-49(35-29-45)55(47-30-24-42(25-31-47)39-14-6-2-7-15-39)48-32-26-43(27-33-48)40-16-8-3-9-17-40/h1-37H. The predicted octanol–water partition coefficient (Wildman–Crippen LogP) is 15.4. The van der Waals surface area contributed by atoms with Gasteiger partial charge in [0.05, 0.1) is 0 Å². The lowest BCUT2D eigenvalue weighted by Gasteiger charge is -2.26. The van der Waals surface area contributed by atoms with Crippen molar-refractivity contribution < 1.29 is 4.42 Å². The smallest absolute Gasteiger partial charge is 0.143 e. The minimum absolute atomic E-state index is 0.890. The third kappa shape index (κ3) is 6.34. The number of benzene rings is 9. The topological polar surface area (TPSA) is 16.4 Å². The molecule has 264 valence electrons. The Morgan fingerprint density at radius 2 is 0.625 bits per heavy atom. The van der Waals surface area contributed by atoms with E-state index < -0.39 is 0 Å². The Hall–Kier alpha value is -7.42. The SMILES string of the molecule is c1ccc(-c2ccc(-c3cc(-c4ccc(N(c5ccc(-c6ccccc6)cc5)c5ccc(-c6ccccc6)cc5)cc4)c4oc5ccccc5c4c3)cc2)cc1. The van der Waals surface area contributed by atoms with Crippen LogP contribution < -0.4 is 4.90 Å². The van der Waals surface area contributed by atoms with Gasteiger partial charge in [-0.15, -0.1) is 0 Å². The van der Waals surface area contributed by atoms with E-state index in [1.165, 1.54) is 38.9 Å². The van der Waals surface area contributed by atoms with E-state index in [9.17, 15) is 0 Å². The third-order valence-corrected chi connectivity index (χ3v) is 10.7. The number of hydrogen-bond donors (Lipinski definition) is 0. The summed E-state index contributed by atoms with van der Waals surface area (Å²) in [6.07, 6.45) is 0. The minimum atomic E-state index is 0.890. The van der Waals surface area contributed by atoms with Crippen LogP contribution >= 0.6 is 0 Å². The van der Waals surface area contributed by atoms with Gasteiger partial charge in [-0.2, -0.15) is 0 Å². The van der Waals surface area contributed by atoms with Crippen LogP contribution in [0.25, 0.3) is 77.6 Å². The highest BCUT2D eigenvalue weighted by Crippen LogP contribution is 2.42. The van der Waals surface area contributed by atoms with Gasteiger partial charge in [0, 0.05) is 33.4 Å². The Labute approximate surface area is 327 Å². The lowest BCUT2D eigenvalue weighted by Crippen LogP contribution is -2.09. The van der Waals surface area contributed by atoms with E-state index in [0.717, 1.165) is 55.7 Å². The van der Waals surface area contributed by atoms with E-state index in [0.29, 0.717) is 0 Å². The third-order valence-electron chi connectivity index (χ3n) is 10.7. The first kappa shape index (κ1) is 33.2. The minimum Gasteiger partial charge on any atom is -0.455 e. The maximum absolute atomic E-state index is 6.61. The first-order chi connectivity index (χ1) is 27.7. The summed E-state index contributed by atoms with van der Waals surface area (Å²) in [6.45, 7) is 0. The van der Waals surface area contributed by atoms with E-state index in [1.54, 1.807) is 0 Å². The van der Waals surface area contributed by atoms with Gasteiger partial charge in [0.2, 0.25) is 0 Å². The molecule has 10 rings (SSSR count). The van der Waals surface area contributed by atoms with Crippen LogP contribution in [0.3, 0.4) is 0 Å². The molecule has 0 atom stereocenters. The average molecular weight is 716 g/mol. The molecule has 0 radical (unpaired) electrons. The zero-order valence-corrected chi connectivity index (χ0v) is 30.7. The molecule has 0 amide bonds. The molecular weight excluding hydrogens is 679 g/mol. The fourth-order valence-corrected chi connectivity index (χ4v) is 7.80. The summed E-state index contributed by atoms with van der Waals surface area (Å²) in [7, 11) is 0. The Balaban J connectivity index is 1.06.